The molecule has 0 aliphatic carbocycles. The first-order valence-corrected chi connectivity index (χ1v) is 12.1. The molecule has 1 fully saturated rings. The second-order valence-electron chi connectivity index (χ2n) is 8.64. The lowest BCUT2D eigenvalue weighted by molar-refractivity contribution is -0.278. The van der Waals surface area contributed by atoms with Crippen molar-refractivity contribution in [2.75, 3.05) is 19.8 Å². The first-order chi connectivity index (χ1) is 17.6. The predicted molar refractivity (Wildman–Crippen MR) is 134 cm³/mol. The summed E-state index contributed by atoms with van der Waals surface area (Å²) in [6.07, 6.45) is -1.40. The summed E-state index contributed by atoms with van der Waals surface area (Å²) in [5, 5.41) is 2.85. The zero-order chi connectivity index (χ0) is 25.2. The minimum absolute atomic E-state index is 0.00326. The van der Waals surface area contributed by atoms with Crippen LogP contribution in [0.15, 0.2) is 91.0 Å². The van der Waals surface area contributed by atoms with E-state index < -0.39 is 24.5 Å². The zero-order valence-corrected chi connectivity index (χ0v) is 20.2. The smallest absolute Gasteiger partial charge is 0.338 e. The number of carbonyl (C=O) groups is 2. The van der Waals surface area contributed by atoms with Crippen molar-refractivity contribution in [3.05, 3.63) is 108 Å². The standard InChI is InChI=1S/C29H31NO6/c1-21(31)30-18-25(17-22-11-5-2-6-12-22)35-26-20-34-29(24-15-9-4-10-16-24)36-27(26)19-33-28(32)23-13-7-3-8-14-23/h2-16,25-27,29H,17-20H2,1H3,(H,30,31)/t25?,26?,27-,29?/m0/s1. The maximum Gasteiger partial charge on any atom is 0.338 e. The van der Waals surface area contributed by atoms with E-state index in [0.717, 1.165) is 11.1 Å². The third-order valence-corrected chi connectivity index (χ3v) is 5.84. The molecule has 4 rings (SSSR count). The average molecular weight is 490 g/mol. The summed E-state index contributed by atoms with van der Waals surface area (Å²) in [4.78, 5) is 24.2. The normalized spacial score (nSPS) is 20.3. The van der Waals surface area contributed by atoms with Crippen LogP contribution in [0.2, 0.25) is 0 Å². The van der Waals surface area contributed by atoms with Gasteiger partial charge in [-0.1, -0.05) is 78.9 Å². The molecule has 1 heterocycles. The maximum atomic E-state index is 12.6. The Balaban J connectivity index is 1.47. The van der Waals surface area contributed by atoms with E-state index in [1.54, 1.807) is 24.3 Å². The van der Waals surface area contributed by atoms with Gasteiger partial charge in [0.1, 0.15) is 18.8 Å². The van der Waals surface area contributed by atoms with Crippen molar-refractivity contribution in [3.63, 3.8) is 0 Å². The quantitative estimate of drug-likeness (QED) is 0.432. The Hall–Kier alpha value is -3.52. The molecule has 3 aromatic rings. The van der Waals surface area contributed by atoms with Crippen molar-refractivity contribution in [1.82, 2.24) is 5.32 Å². The molecular weight excluding hydrogens is 458 g/mol. The molecule has 0 saturated carbocycles. The number of esters is 1. The lowest BCUT2D eigenvalue weighted by Crippen LogP contribution is -2.48. The van der Waals surface area contributed by atoms with Gasteiger partial charge in [-0.15, -0.1) is 0 Å². The van der Waals surface area contributed by atoms with Gasteiger partial charge in [0.2, 0.25) is 5.91 Å². The van der Waals surface area contributed by atoms with Gasteiger partial charge in [0.15, 0.2) is 6.29 Å². The summed E-state index contributed by atoms with van der Waals surface area (Å²) in [6, 6.07) is 28.4. The van der Waals surface area contributed by atoms with Gasteiger partial charge in [-0.05, 0) is 17.7 Å². The van der Waals surface area contributed by atoms with Crippen molar-refractivity contribution in [2.45, 2.75) is 37.9 Å². The lowest BCUT2D eigenvalue weighted by Gasteiger charge is -2.38. The molecule has 3 unspecified atom stereocenters. The van der Waals surface area contributed by atoms with E-state index in [-0.39, 0.29) is 25.2 Å². The number of hydrogen-bond donors (Lipinski definition) is 1. The van der Waals surface area contributed by atoms with Gasteiger partial charge < -0.3 is 24.3 Å². The number of benzene rings is 3. The molecule has 1 aliphatic heterocycles. The van der Waals surface area contributed by atoms with Crippen molar-refractivity contribution < 1.29 is 28.5 Å². The molecule has 0 bridgehead atoms. The van der Waals surface area contributed by atoms with Crippen molar-refractivity contribution >= 4 is 11.9 Å². The third kappa shape index (κ3) is 7.49. The molecule has 1 aliphatic rings. The summed E-state index contributed by atoms with van der Waals surface area (Å²) in [5.41, 5.74) is 2.42. The van der Waals surface area contributed by atoms with E-state index in [1.165, 1.54) is 6.92 Å². The molecule has 3 aromatic carbocycles. The highest BCUT2D eigenvalue weighted by molar-refractivity contribution is 5.89. The highest BCUT2D eigenvalue weighted by Crippen LogP contribution is 2.29. The van der Waals surface area contributed by atoms with Crippen LogP contribution < -0.4 is 5.32 Å². The van der Waals surface area contributed by atoms with Crippen LogP contribution in [0.3, 0.4) is 0 Å². The molecule has 4 atom stereocenters. The third-order valence-electron chi connectivity index (χ3n) is 5.84. The maximum absolute atomic E-state index is 12.6. The predicted octanol–water partition coefficient (Wildman–Crippen LogP) is 4.09. The summed E-state index contributed by atoms with van der Waals surface area (Å²) >= 11 is 0. The molecular formula is C29H31NO6. The van der Waals surface area contributed by atoms with Crippen molar-refractivity contribution in [1.29, 1.82) is 0 Å². The monoisotopic (exact) mass is 489 g/mol. The van der Waals surface area contributed by atoms with E-state index in [0.29, 0.717) is 18.5 Å². The van der Waals surface area contributed by atoms with Crippen LogP contribution in [-0.4, -0.2) is 49.9 Å². The number of rotatable bonds is 10. The van der Waals surface area contributed by atoms with Crippen LogP contribution in [-0.2, 0) is 30.2 Å². The van der Waals surface area contributed by atoms with Gasteiger partial charge in [-0.2, -0.15) is 0 Å². The highest BCUT2D eigenvalue weighted by Gasteiger charge is 2.36. The Morgan fingerprint density at radius 3 is 2.25 bits per heavy atom. The summed E-state index contributed by atoms with van der Waals surface area (Å²) in [7, 11) is 0. The molecule has 36 heavy (non-hydrogen) atoms. The SMILES string of the molecule is CC(=O)NCC(Cc1ccccc1)OC1COC(c2ccccc2)O[C@H]1COC(=O)c1ccccc1. The van der Waals surface area contributed by atoms with Crippen LogP contribution in [0.1, 0.15) is 34.7 Å². The van der Waals surface area contributed by atoms with E-state index in [2.05, 4.69) is 5.32 Å². The zero-order valence-electron chi connectivity index (χ0n) is 20.2. The largest absolute Gasteiger partial charge is 0.459 e. The Morgan fingerprint density at radius 1 is 0.944 bits per heavy atom. The molecule has 7 heteroatoms. The van der Waals surface area contributed by atoms with Gasteiger partial charge >= 0.3 is 5.97 Å². The molecule has 1 saturated heterocycles. The first kappa shape index (κ1) is 25.6. The van der Waals surface area contributed by atoms with Gasteiger partial charge in [0.05, 0.1) is 18.3 Å². The van der Waals surface area contributed by atoms with Crippen LogP contribution in [0.4, 0.5) is 0 Å². The van der Waals surface area contributed by atoms with Gasteiger partial charge in [-0.3, -0.25) is 4.79 Å². The van der Waals surface area contributed by atoms with Crippen molar-refractivity contribution in [2.24, 2.45) is 0 Å². The minimum Gasteiger partial charge on any atom is -0.459 e. The first-order valence-electron chi connectivity index (χ1n) is 12.1. The van der Waals surface area contributed by atoms with Gasteiger partial charge in [-0.25, -0.2) is 4.79 Å². The molecule has 188 valence electrons. The molecule has 0 spiro atoms. The van der Waals surface area contributed by atoms with Crippen molar-refractivity contribution in [3.8, 4) is 0 Å². The number of hydrogen-bond acceptors (Lipinski definition) is 6. The second-order valence-corrected chi connectivity index (χ2v) is 8.64. The summed E-state index contributed by atoms with van der Waals surface area (Å²) in [6.45, 7) is 2.06. The molecule has 0 aromatic heterocycles. The lowest BCUT2D eigenvalue weighted by atomic mass is 10.1. The summed E-state index contributed by atoms with van der Waals surface area (Å²) in [5.74, 6) is -0.565. The van der Waals surface area contributed by atoms with Crippen LogP contribution >= 0.6 is 0 Å². The Morgan fingerprint density at radius 2 is 1.58 bits per heavy atom. The number of nitrogens with one attached hydrogen (secondary N) is 1. The summed E-state index contributed by atoms with van der Waals surface area (Å²) < 4.78 is 24.3. The van der Waals surface area contributed by atoms with E-state index in [9.17, 15) is 9.59 Å². The number of ether oxygens (including phenoxy) is 4. The van der Waals surface area contributed by atoms with E-state index in [4.69, 9.17) is 18.9 Å². The topological polar surface area (TPSA) is 83.1 Å². The fourth-order valence-corrected chi connectivity index (χ4v) is 4.00. The second kappa shape index (κ2) is 13.0. The van der Waals surface area contributed by atoms with E-state index in [1.807, 2.05) is 66.7 Å². The van der Waals surface area contributed by atoms with Crippen LogP contribution in [0.5, 0.6) is 0 Å². The Labute approximate surface area is 211 Å². The number of amides is 1. The molecule has 0 radical (unpaired) electrons. The fraction of sp³-hybridized carbons (Fsp3) is 0.310. The number of carbonyl (C=O) groups excluding carboxylic acids is 2. The van der Waals surface area contributed by atoms with E-state index >= 15 is 0 Å². The van der Waals surface area contributed by atoms with Crippen LogP contribution in [0, 0.1) is 0 Å². The van der Waals surface area contributed by atoms with Crippen LogP contribution in [0.25, 0.3) is 0 Å². The van der Waals surface area contributed by atoms with Gasteiger partial charge in [0, 0.05) is 25.5 Å². The molecule has 7 nitrogen and oxygen atoms in total. The fourth-order valence-electron chi connectivity index (χ4n) is 4.00. The Bertz CT molecular complexity index is 1090. The van der Waals surface area contributed by atoms with Gasteiger partial charge in [0.25, 0.3) is 0 Å². The average Bonchev–Trinajstić information content (AvgIpc) is 2.92. The highest BCUT2D eigenvalue weighted by atomic mass is 16.7. The minimum atomic E-state index is -0.602. The molecule has 1 amide bonds. The Kier molecular flexibility index (Phi) is 9.21. The molecule has 1 N–H and O–H groups in total.